The molecule has 3 N–H and O–H groups in total. The molecular formula is C13H16N4O. The summed E-state index contributed by atoms with van der Waals surface area (Å²) in [7, 11) is 1.53. The van der Waals surface area contributed by atoms with Crippen molar-refractivity contribution in [1.82, 2.24) is 9.97 Å². The van der Waals surface area contributed by atoms with Crippen LogP contribution in [-0.4, -0.2) is 17.1 Å². The van der Waals surface area contributed by atoms with Crippen LogP contribution in [0.15, 0.2) is 30.6 Å². The molecule has 0 aliphatic carbocycles. The second kappa shape index (κ2) is 5.35. The van der Waals surface area contributed by atoms with Crippen LogP contribution in [0.2, 0.25) is 0 Å². The number of nitrogens with zero attached hydrogens (tertiary/aromatic N) is 2. The maximum Gasteiger partial charge on any atom is 0.242 e. The molecule has 2 aromatic rings. The van der Waals surface area contributed by atoms with E-state index in [1.165, 1.54) is 24.6 Å². The fourth-order valence-electron chi connectivity index (χ4n) is 1.69. The number of benzene rings is 1. The van der Waals surface area contributed by atoms with Gasteiger partial charge in [-0.2, -0.15) is 4.98 Å². The van der Waals surface area contributed by atoms with Gasteiger partial charge >= 0.3 is 0 Å². The van der Waals surface area contributed by atoms with Gasteiger partial charge in [-0.3, -0.25) is 0 Å². The third-order valence-corrected chi connectivity index (χ3v) is 2.58. The zero-order chi connectivity index (χ0) is 13.0. The van der Waals surface area contributed by atoms with Crippen LogP contribution in [0.25, 0.3) is 0 Å². The SMILES string of the molecule is COc1ncnc(NCc2cccc(C)c2)c1N. The minimum absolute atomic E-state index is 0.386. The van der Waals surface area contributed by atoms with E-state index in [4.69, 9.17) is 10.5 Å². The Bertz CT molecular complexity index is 542. The average Bonchev–Trinajstić information content (AvgIpc) is 2.38. The first-order valence-corrected chi connectivity index (χ1v) is 5.64. The second-order valence-electron chi connectivity index (χ2n) is 3.99. The molecule has 0 spiro atoms. The largest absolute Gasteiger partial charge is 0.479 e. The lowest BCUT2D eigenvalue weighted by molar-refractivity contribution is 0.399. The third kappa shape index (κ3) is 2.68. The molecule has 18 heavy (non-hydrogen) atoms. The molecule has 0 atom stereocenters. The Morgan fingerprint density at radius 3 is 2.89 bits per heavy atom. The van der Waals surface area contributed by atoms with Crippen LogP contribution >= 0.6 is 0 Å². The van der Waals surface area contributed by atoms with Crippen LogP contribution in [0.1, 0.15) is 11.1 Å². The van der Waals surface area contributed by atoms with Crippen LogP contribution in [0.3, 0.4) is 0 Å². The van der Waals surface area contributed by atoms with Crippen molar-refractivity contribution in [2.75, 3.05) is 18.2 Å². The van der Waals surface area contributed by atoms with Crippen LogP contribution in [-0.2, 0) is 6.54 Å². The average molecular weight is 244 g/mol. The minimum atomic E-state index is 0.386. The Balaban J connectivity index is 2.11. The van der Waals surface area contributed by atoms with Gasteiger partial charge in [0.05, 0.1) is 7.11 Å². The summed E-state index contributed by atoms with van der Waals surface area (Å²) in [5.41, 5.74) is 8.70. The van der Waals surface area contributed by atoms with Crippen LogP contribution in [0.4, 0.5) is 11.5 Å². The van der Waals surface area contributed by atoms with E-state index in [1.807, 2.05) is 6.07 Å². The number of hydrogen-bond donors (Lipinski definition) is 2. The molecule has 94 valence electrons. The van der Waals surface area contributed by atoms with Gasteiger partial charge in [-0.15, -0.1) is 0 Å². The monoisotopic (exact) mass is 244 g/mol. The molecule has 0 bridgehead atoms. The fraction of sp³-hybridized carbons (Fsp3) is 0.231. The molecule has 0 fully saturated rings. The lowest BCUT2D eigenvalue weighted by atomic mass is 10.1. The van der Waals surface area contributed by atoms with Crippen molar-refractivity contribution >= 4 is 11.5 Å². The highest BCUT2D eigenvalue weighted by Crippen LogP contribution is 2.24. The molecule has 1 aromatic heterocycles. The van der Waals surface area contributed by atoms with E-state index in [0.29, 0.717) is 23.9 Å². The zero-order valence-corrected chi connectivity index (χ0v) is 10.5. The van der Waals surface area contributed by atoms with Crippen LogP contribution < -0.4 is 15.8 Å². The predicted octanol–water partition coefficient (Wildman–Crippen LogP) is 1.99. The number of ether oxygens (including phenoxy) is 1. The number of nitrogen functional groups attached to an aromatic ring is 1. The standard InChI is InChI=1S/C13H16N4O/c1-9-4-3-5-10(6-9)7-15-12-11(14)13(18-2)17-8-16-12/h3-6,8H,7,14H2,1-2H3,(H,15,16,17). The van der Waals surface area contributed by atoms with Crippen LogP contribution in [0.5, 0.6) is 5.88 Å². The van der Waals surface area contributed by atoms with Crippen molar-refractivity contribution < 1.29 is 4.74 Å². The van der Waals surface area contributed by atoms with E-state index in [2.05, 4.69) is 40.4 Å². The van der Waals surface area contributed by atoms with Gasteiger partial charge in [0.15, 0.2) is 5.82 Å². The highest BCUT2D eigenvalue weighted by atomic mass is 16.5. The molecule has 0 saturated heterocycles. The molecular weight excluding hydrogens is 228 g/mol. The molecule has 1 aromatic carbocycles. The lowest BCUT2D eigenvalue weighted by Gasteiger charge is -2.10. The third-order valence-electron chi connectivity index (χ3n) is 2.58. The molecule has 0 unspecified atom stereocenters. The number of methoxy groups -OCH3 is 1. The quantitative estimate of drug-likeness (QED) is 0.860. The molecule has 0 amide bonds. The molecule has 0 aliphatic rings. The predicted molar refractivity (Wildman–Crippen MR) is 71.5 cm³/mol. The maximum absolute atomic E-state index is 5.88. The van der Waals surface area contributed by atoms with Gasteiger partial charge in [0, 0.05) is 6.54 Å². The van der Waals surface area contributed by atoms with Crippen molar-refractivity contribution in [2.45, 2.75) is 13.5 Å². The smallest absolute Gasteiger partial charge is 0.242 e. The Kier molecular flexibility index (Phi) is 3.62. The number of rotatable bonds is 4. The molecule has 1 heterocycles. The topological polar surface area (TPSA) is 73.1 Å². The number of nitrogens with one attached hydrogen (secondary N) is 1. The van der Waals surface area contributed by atoms with E-state index < -0.39 is 0 Å². The second-order valence-corrected chi connectivity index (χ2v) is 3.99. The Labute approximate surface area is 106 Å². The van der Waals surface area contributed by atoms with E-state index in [9.17, 15) is 0 Å². The van der Waals surface area contributed by atoms with Gasteiger partial charge in [0.2, 0.25) is 5.88 Å². The van der Waals surface area contributed by atoms with E-state index >= 15 is 0 Å². The minimum Gasteiger partial charge on any atom is -0.479 e. The first-order chi connectivity index (χ1) is 8.70. The summed E-state index contributed by atoms with van der Waals surface area (Å²) in [5, 5.41) is 3.18. The van der Waals surface area contributed by atoms with Gasteiger partial charge in [-0.25, -0.2) is 4.98 Å². The van der Waals surface area contributed by atoms with Gasteiger partial charge in [-0.1, -0.05) is 29.8 Å². The first kappa shape index (κ1) is 12.2. The molecule has 5 nitrogen and oxygen atoms in total. The summed E-state index contributed by atoms with van der Waals surface area (Å²) in [4.78, 5) is 8.03. The number of aromatic nitrogens is 2. The van der Waals surface area contributed by atoms with E-state index in [-0.39, 0.29) is 0 Å². The first-order valence-electron chi connectivity index (χ1n) is 5.64. The van der Waals surface area contributed by atoms with Crippen molar-refractivity contribution in [1.29, 1.82) is 0 Å². The highest BCUT2D eigenvalue weighted by Gasteiger charge is 2.07. The maximum atomic E-state index is 5.88. The van der Waals surface area contributed by atoms with Gasteiger partial charge in [0.1, 0.15) is 12.0 Å². The summed E-state index contributed by atoms with van der Waals surface area (Å²) >= 11 is 0. The number of anilines is 2. The number of aryl methyl sites for hydroxylation is 1. The highest BCUT2D eigenvalue weighted by molar-refractivity contribution is 5.66. The van der Waals surface area contributed by atoms with Crippen molar-refractivity contribution in [3.63, 3.8) is 0 Å². The van der Waals surface area contributed by atoms with E-state index in [0.717, 1.165) is 0 Å². The van der Waals surface area contributed by atoms with E-state index in [1.54, 1.807) is 0 Å². The van der Waals surface area contributed by atoms with Crippen molar-refractivity contribution in [2.24, 2.45) is 0 Å². The van der Waals surface area contributed by atoms with Gasteiger partial charge in [0.25, 0.3) is 0 Å². The number of nitrogens with two attached hydrogens (primary N) is 1. The molecule has 0 saturated carbocycles. The Morgan fingerprint density at radius 2 is 2.17 bits per heavy atom. The van der Waals surface area contributed by atoms with Gasteiger partial charge < -0.3 is 15.8 Å². The van der Waals surface area contributed by atoms with Crippen molar-refractivity contribution in [3.8, 4) is 5.88 Å². The molecule has 2 rings (SSSR count). The molecule has 5 heteroatoms. The Hall–Kier alpha value is -2.30. The summed E-state index contributed by atoms with van der Waals surface area (Å²) in [6, 6.07) is 8.25. The van der Waals surface area contributed by atoms with Crippen LogP contribution in [0, 0.1) is 6.92 Å². The Morgan fingerprint density at radius 1 is 1.33 bits per heavy atom. The summed E-state index contributed by atoms with van der Waals surface area (Å²) < 4.78 is 5.04. The summed E-state index contributed by atoms with van der Waals surface area (Å²) in [5.74, 6) is 0.972. The van der Waals surface area contributed by atoms with Crippen molar-refractivity contribution in [3.05, 3.63) is 41.7 Å². The molecule has 0 aliphatic heterocycles. The van der Waals surface area contributed by atoms with Gasteiger partial charge in [-0.05, 0) is 12.5 Å². The lowest BCUT2D eigenvalue weighted by Crippen LogP contribution is -2.06. The zero-order valence-electron chi connectivity index (χ0n) is 10.5. The number of hydrogen-bond acceptors (Lipinski definition) is 5. The molecule has 0 radical (unpaired) electrons. The summed E-state index contributed by atoms with van der Waals surface area (Å²) in [6.07, 6.45) is 1.42. The fourth-order valence-corrected chi connectivity index (χ4v) is 1.69. The summed E-state index contributed by atoms with van der Waals surface area (Å²) in [6.45, 7) is 2.72. The normalized spacial score (nSPS) is 10.1.